The number of nitrogen functional groups attached to an aromatic ring is 1. The Bertz CT molecular complexity index is 695. The minimum Gasteiger partial charge on any atom is -0.399 e. The third-order valence-corrected chi connectivity index (χ3v) is 4.80. The molecule has 110 valence electrons. The standard InChI is InChI=1S/C16H19N3O2/c1-8-5-10(17)6-12(9(8)2)16-18-15(19-21-16)13-7-11-3-4-14(13)20-11/h5-6,11,13-14H,3-4,7,17H2,1-2H3. The number of aryl methyl sites for hydroxylation is 1. The van der Waals surface area contributed by atoms with Crippen molar-refractivity contribution in [1.29, 1.82) is 0 Å². The molecule has 2 saturated heterocycles. The number of nitrogens with zero attached hydrogens (tertiary/aromatic N) is 2. The number of hydrogen-bond acceptors (Lipinski definition) is 5. The molecule has 2 bridgehead atoms. The minimum absolute atomic E-state index is 0.268. The average molecular weight is 285 g/mol. The van der Waals surface area contributed by atoms with Crippen LogP contribution in [0, 0.1) is 13.8 Å². The smallest absolute Gasteiger partial charge is 0.258 e. The second-order valence-corrected chi connectivity index (χ2v) is 6.18. The molecule has 21 heavy (non-hydrogen) atoms. The predicted molar refractivity (Wildman–Crippen MR) is 78.9 cm³/mol. The van der Waals surface area contributed by atoms with E-state index in [4.69, 9.17) is 15.0 Å². The summed E-state index contributed by atoms with van der Waals surface area (Å²) in [4.78, 5) is 4.61. The van der Waals surface area contributed by atoms with Gasteiger partial charge in [0.1, 0.15) is 0 Å². The van der Waals surface area contributed by atoms with E-state index in [1.807, 2.05) is 19.1 Å². The Balaban J connectivity index is 1.69. The fraction of sp³-hybridized carbons (Fsp3) is 0.500. The quantitative estimate of drug-likeness (QED) is 0.859. The van der Waals surface area contributed by atoms with Crippen LogP contribution in [0.4, 0.5) is 5.69 Å². The molecular formula is C16H19N3O2. The van der Waals surface area contributed by atoms with Crippen molar-refractivity contribution < 1.29 is 9.26 Å². The molecule has 0 aliphatic carbocycles. The second kappa shape index (κ2) is 4.56. The zero-order valence-corrected chi connectivity index (χ0v) is 12.3. The predicted octanol–water partition coefficient (Wildman–Crippen LogP) is 2.97. The molecule has 5 heteroatoms. The van der Waals surface area contributed by atoms with Crippen LogP contribution in [0.15, 0.2) is 16.7 Å². The van der Waals surface area contributed by atoms with Gasteiger partial charge in [0, 0.05) is 11.3 Å². The van der Waals surface area contributed by atoms with Gasteiger partial charge in [-0.25, -0.2) is 0 Å². The fourth-order valence-electron chi connectivity index (χ4n) is 3.51. The highest BCUT2D eigenvalue weighted by Gasteiger charge is 2.43. The van der Waals surface area contributed by atoms with Gasteiger partial charge in [0.25, 0.3) is 5.89 Å². The largest absolute Gasteiger partial charge is 0.399 e. The molecule has 3 unspecified atom stereocenters. The number of benzene rings is 1. The van der Waals surface area contributed by atoms with Gasteiger partial charge in [0.15, 0.2) is 5.82 Å². The Hall–Kier alpha value is -1.88. The second-order valence-electron chi connectivity index (χ2n) is 6.18. The molecule has 3 atom stereocenters. The Labute approximate surface area is 123 Å². The van der Waals surface area contributed by atoms with Crippen molar-refractivity contribution >= 4 is 5.69 Å². The Morgan fingerprint density at radius 1 is 1.24 bits per heavy atom. The Morgan fingerprint density at radius 2 is 2.10 bits per heavy atom. The van der Waals surface area contributed by atoms with Crippen LogP contribution in [0.5, 0.6) is 0 Å². The van der Waals surface area contributed by atoms with Gasteiger partial charge in [-0.05, 0) is 56.4 Å². The summed E-state index contributed by atoms with van der Waals surface area (Å²) in [5, 5.41) is 4.19. The van der Waals surface area contributed by atoms with Crippen molar-refractivity contribution in [2.24, 2.45) is 0 Å². The number of aromatic nitrogens is 2. The van der Waals surface area contributed by atoms with Crippen LogP contribution < -0.4 is 5.73 Å². The molecule has 5 nitrogen and oxygen atoms in total. The highest BCUT2D eigenvalue weighted by atomic mass is 16.5. The maximum Gasteiger partial charge on any atom is 0.258 e. The molecule has 0 saturated carbocycles. The maximum atomic E-state index is 5.93. The number of rotatable bonds is 2. The normalized spacial score (nSPS) is 27.4. The van der Waals surface area contributed by atoms with Crippen LogP contribution in [-0.2, 0) is 4.74 Å². The topological polar surface area (TPSA) is 74.2 Å². The molecule has 2 aliphatic rings. The summed E-state index contributed by atoms with van der Waals surface area (Å²) in [5.74, 6) is 1.61. The molecule has 1 aromatic carbocycles. The summed E-state index contributed by atoms with van der Waals surface area (Å²) >= 11 is 0. The van der Waals surface area contributed by atoms with Gasteiger partial charge in [-0.3, -0.25) is 0 Å². The van der Waals surface area contributed by atoms with E-state index >= 15 is 0 Å². The van der Waals surface area contributed by atoms with Gasteiger partial charge < -0.3 is 15.0 Å². The lowest BCUT2D eigenvalue weighted by molar-refractivity contribution is 0.0996. The van der Waals surface area contributed by atoms with Gasteiger partial charge in [-0.15, -0.1) is 0 Å². The van der Waals surface area contributed by atoms with E-state index in [1.54, 1.807) is 0 Å². The first-order chi connectivity index (χ1) is 10.1. The van der Waals surface area contributed by atoms with Crippen molar-refractivity contribution in [3.63, 3.8) is 0 Å². The Morgan fingerprint density at radius 3 is 2.81 bits per heavy atom. The molecule has 3 heterocycles. The number of anilines is 1. The van der Waals surface area contributed by atoms with Crippen LogP contribution >= 0.6 is 0 Å². The summed E-state index contributed by atoms with van der Waals surface area (Å²) in [6, 6.07) is 3.86. The fourth-order valence-corrected chi connectivity index (χ4v) is 3.51. The molecule has 1 aromatic heterocycles. The molecule has 2 N–H and O–H groups in total. The molecule has 0 spiro atoms. The van der Waals surface area contributed by atoms with Crippen molar-refractivity contribution in [3.8, 4) is 11.5 Å². The summed E-state index contributed by atoms with van der Waals surface area (Å²) in [7, 11) is 0. The molecule has 0 radical (unpaired) electrons. The van der Waals surface area contributed by atoms with Crippen molar-refractivity contribution in [1.82, 2.24) is 10.1 Å². The van der Waals surface area contributed by atoms with Crippen molar-refractivity contribution in [2.75, 3.05) is 5.73 Å². The minimum atomic E-state index is 0.268. The van der Waals surface area contributed by atoms with Gasteiger partial charge in [-0.2, -0.15) is 4.98 Å². The van der Waals surface area contributed by atoms with E-state index in [-0.39, 0.29) is 12.0 Å². The molecule has 2 aliphatic heterocycles. The van der Waals surface area contributed by atoms with E-state index in [1.165, 1.54) is 6.42 Å². The molecule has 0 amide bonds. The van der Waals surface area contributed by atoms with Gasteiger partial charge in [0.05, 0.1) is 18.1 Å². The SMILES string of the molecule is Cc1cc(N)cc(-c2nc(C3CC4CCC3O4)no2)c1C. The van der Waals surface area contributed by atoms with E-state index in [0.717, 1.165) is 41.0 Å². The molecule has 2 fully saturated rings. The summed E-state index contributed by atoms with van der Waals surface area (Å²) in [5.41, 5.74) is 9.84. The first kappa shape index (κ1) is 12.8. The Kier molecular flexibility index (Phi) is 2.79. The zero-order chi connectivity index (χ0) is 14.6. The monoisotopic (exact) mass is 285 g/mol. The van der Waals surface area contributed by atoms with E-state index in [0.29, 0.717) is 12.0 Å². The van der Waals surface area contributed by atoms with Crippen molar-refractivity contribution in [3.05, 3.63) is 29.1 Å². The number of fused-ring (bicyclic) bond motifs is 2. The number of nitrogens with two attached hydrogens (primary N) is 1. The molecule has 4 rings (SSSR count). The maximum absolute atomic E-state index is 5.93. The number of ether oxygens (including phenoxy) is 1. The van der Waals surface area contributed by atoms with Gasteiger partial charge >= 0.3 is 0 Å². The van der Waals surface area contributed by atoms with E-state index < -0.39 is 0 Å². The van der Waals surface area contributed by atoms with Crippen LogP contribution in [-0.4, -0.2) is 22.3 Å². The van der Waals surface area contributed by atoms with Crippen molar-refractivity contribution in [2.45, 2.75) is 51.2 Å². The summed E-state index contributed by atoms with van der Waals surface area (Å²) < 4.78 is 11.4. The lowest BCUT2D eigenvalue weighted by Gasteiger charge is -2.13. The lowest BCUT2D eigenvalue weighted by Crippen LogP contribution is -2.15. The third kappa shape index (κ3) is 2.03. The van der Waals surface area contributed by atoms with E-state index in [9.17, 15) is 0 Å². The third-order valence-electron chi connectivity index (χ3n) is 4.80. The van der Waals surface area contributed by atoms with Crippen LogP contribution in [0.25, 0.3) is 11.5 Å². The highest BCUT2D eigenvalue weighted by Crippen LogP contribution is 2.43. The summed E-state index contributed by atoms with van der Waals surface area (Å²) in [6.45, 7) is 4.09. The molecule has 2 aromatic rings. The van der Waals surface area contributed by atoms with Gasteiger partial charge in [0.2, 0.25) is 0 Å². The van der Waals surface area contributed by atoms with Crippen LogP contribution in [0.3, 0.4) is 0 Å². The average Bonchev–Trinajstić information content (AvgIpc) is 3.17. The first-order valence-corrected chi connectivity index (χ1v) is 7.48. The first-order valence-electron chi connectivity index (χ1n) is 7.48. The van der Waals surface area contributed by atoms with Gasteiger partial charge in [-0.1, -0.05) is 5.16 Å². The number of hydrogen-bond donors (Lipinski definition) is 1. The summed E-state index contributed by atoms with van der Waals surface area (Å²) in [6.07, 6.45) is 3.94. The lowest BCUT2D eigenvalue weighted by atomic mass is 9.89. The zero-order valence-electron chi connectivity index (χ0n) is 12.3. The van der Waals surface area contributed by atoms with Crippen LogP contribution in [0.1, 0.15) is 42.1 Å². The molecular weight excluding hydrogens is 266 g/mol. The highest BCUT2D eigenvalue weighted by molar-refractivity contribution is 5.66. The van der Waals surface area contributed by atoms with Crippen LogP contribution in [0.2, 0.25) is 0 Å². The van der Waals surface area contributed by atoms with E-state index in [2.05, 4.69) is 17.1 Å².